The minimum Gasteiger partial charge on any atom is -0.377 e. The van der Waals surface area contributed by atoms with Gasteiger partial charge in [-0.1, -0.05) is 0 Å². The van der Waals surface area contributed by atoms with Gasteiger partial charge in [-0.25, -0.2) is 0 Å². The van der Waals surface area contributed by atoms with Crippen LogP contribution in [0.25, 0.3) is 0 Å². The summed E-state index contributed by atoms with van der Waals surface area (Å²) >= 11 is 0. The first kappa shape index (κ1) is 25.2. The predicted octanol–water partition coefficient (Wildman–Crippen LogP) is 2.67. The number of nitrogens with one attached hydrogen (secondary N) is 1. The molecule has 25 heavy (non-hydrogen) atoms. The standard InChI is InChI=1S/C16H39NO6Si2/c1-15(11-9-13-24(18-3,19-4)20-5)17-16(2)12-10-14-25(21-6,22-7)23-8/h15-17H,9-14H2,1-8H3. The minimum absolute atomic E-state index is 0.432. The van der Waals surface area contributed by atoms with Gasteiger partial charge in [0.05, 0.1) is 0 Å². The van der Waals surface area contributed by atoms with Gasteiger partial charge in [-0.05, 0) is 39.5 Å². The molecule has 0 aliphatic carbocycles. The Morgan fingerprint density at radius 1 is 0.600 bits per heavy atom. The highest BCUT2D eigenvalue weighted by molar-refractivity contribution is 6.60. The molecule has 1 N–H and O–H groups in total. The van der Waals surface area contributed by atoms with Crippen molar-refractivity contribution in [1.82, 2.24) is 5.32 Å². The van der Waals surface area contributed by atoms with Gasteiger partial charge in [0, 0.05) is 66.8 Å². The predicted molar refractivity (Wildman–Crippen MR) is 104 cm³/mol. The van der Waals surface area contributed by atoms with E-state index in [1.54, 1.807) is 42.7 Å². The van der Waals surface area contributed by atoms with Gasteiger partial charge in [0.15, 0.2) is 0 Å². The summed E-state index contributed by atoms with van der Waals surface area (Å²) in [6, 6.07) is 2.53. The van der Waals surface area contributed by atoms with E-state index in [0.29, 0.717) is 12.1 Å². The Hall–Kier alpha value is 0.154. The van der Waals surface area contributed by atoms with E-state index in [1.165, 1.54) is 0 Å². The van der Waals surface area contributed by atoms with E-state index in [9.17, 15) is 0 Å². The number of rotatable bonds is 16. The van der Waals surface area contributed by atoms with Gasteiger partial charge in [0.1, 0.15) is 0 Å². The van der Waals surface area contributed by atoms with Gasteiger partial charge in [-0.15, -0.1) is 0 Å². The minimum atomic E-state index is -2.44. The Morgan fingerprint density at radius 3 is 1.12 bits per heavy atom. The van der Waals surface area contributed by atoms with E-state index < -0.39 is 17.6 Å². The number of hydrogen-bond acceptors (Lipinski definition) is 7. The second-order valence-electron chi connectivity index (χ2n) is 6.34. The Bertz CT molecular complexity index is 283. The summed E-state index contributed by atoms with van der Waals surface area (Å²) in [7, 11) is 5.07. The summed E-state index contributed by atoms with van der Waals surface area (Å²) in [4.78, 5) is 0. The maximum absolute atomic E-state index is 5.46. The van der Waals surface area contributed by atoms with Gasteiger partial charge < -0.3 is 31.9 Å². The average Bonchev–Trinajstić information content (AvgIpc) is 2.63. The van der Waals surface area contributed by atoms with E-state index in [1.807, 2.05) is 0 Å². The zero-order valence-corrected chi connectivity index (χ0v) is 19.3. The fraction of sp³-hybridized carbons (Fsp3) is 1.00. The van der Waals surface area contributed by atoms with Crippen LogP contribution < -0.4 is 5.32 Å². The first-order valence-corrected chi connectivity index (χ1v) is 12.8. The van der Waals surface area contributed by atoms with Crippen molar-refractivity contribution in [2.24, 2.45) is 0 Å². The van der Waals surface area contributed by atoms with E-state index >= 15 is 0 Å². The van der Waals surface area contributed by atoms with Crippen LogP contribution in [0.5, 0.6) is 0 Å². The highest BCUT2D eigenvalue weighted by Crippen LogP contribution is 2.19. The molecule has 0 fully saturated rings. The molecule has 0 aromatic rings. The molecule has 0 radical (unpaired) electrons. The van der Waals surface area contributed by atoms with E-state index in [2.05, 4.69) is 19.2 Å². The van der Waals surface area contributed by atoms with Crippen LogP contribution in [0.3, 0.4) is 0 Å². The van der Waals surface area contributed by atoms with Crippen LogP contribution in [0.1, 0.15) is 39.5 Å². The van der Waals surface area contributed by atoms with Gasteiger partial charge in [-0.2, -0.15) is 0 Å². The maximum Gasteiger partial charge on any atom is 0.500 e. The molecule has 0 rings (SSSR count). The molecule has 0 amide bonds. The lowest BCUT2D eigenvalue weighted by molar-refractivity contribution is 0.122. The molecule has 0 aliphatic heterocycles. The highest BCUT2D eigenvalue weighted by Gasteiger charge is 2.37. The Kier molecular flexibility index (Phi) is 13.4. The molecule has 0 aromatic heterocycles. The van der Waals surface area contributed by atoms with Gasteiger partial charge in [0.25, 0.3) is 0 Å². The summed E-state index contributed by atoms with van der Waals surface area (Å²) in [6.45, 7) is 4.43. The third-order valence-corrected chi connectivity index (χ3v) is 10.3. The molecular weight excluding hydrogens is 358 g/mol. The van der Waals surface area contributed by atoms with Gasteiger partial charge in [-0.3, -0.25) is 0 Å². The molecule has 9 heteroatoms. The van der Waals surface area contributed by atoms with Crippen molar-refractivity contribution in [2.45, 2.75) is 63.7 Å². The molecule has 0 saturated heterocycles. The van der Waals surface area contributed by atoms with Crippen LogP contribution >= 0.6 is 0 Å². The lowest BCUT2D eigenvalue weighted by Crippen LogP contribution is -2.43. The smallest absolute Gasteiger partial charge is 0.377 e. The van der Waals surface area contributed by atoms with Crippen LogP contribution in [-0.4, -0.2) is 72.4 Å². The van der Waals surface area contributed by atoms with E-state index in [4.69, 9.17) is 26.6 Å². The largest absolute Gasteiger partial charge is 0.500 e. The molecule has 152 valence electrons. The zero-order valence-electron chi connectivity index (χ0n) is 17.3. The fourth-order valence-electron chi connectivity index (χ4n) is 3.01. The summed E-state index contributed by atoms with van der Waals surface area (Å²) in [5, 5.41) is 3.65. The molecule has 0 aromatic carbocycles. The SMILES string of the molecule is CO[Si](CCCC(C)NC(C)CCC[Si](OC)(OC)OC)(OC)OC. The monoisotopic (exact) mass is 397 g/mol. The second kappa shape index (κ2) is 13.3. The second-order valence-corrected chi connectivity index (χ2v) is 12.5. The lowest BCUT2D eigenvalue weighted by atomic mass is 10.1. The van der Waals surface area contributed by atoms with Crippen molar-refractivity contribution < 1.29 is 26.6 Å². The summed E-state index contributed by atoms with van der Waals surface area (Å²) in [5.74, 6) is 0. The fourth-order valence-corrected chi connectivity index (χ4v) is 6.51. The van der Waals surface area contributed by atoms with Crippen LogP contribution in [0.2, 0.25) is 12.1 Å². The Morgan fingerprint density at radius 2 is 0.880 bits per heavy atom. The van der Waals surface area contributed by atoms with Crippen molar-refractivity contribution in [3.8, 4) is 0 Å². The lowest BCUT2D eigenvalue weighted by Gasteiger charge is -2.26. The van der Waals surface area contributed by atoms with Crippen molar-refractivity contribution in [3.05, 3.63) is 0 Å². The first-order valence-electron chi connectivity index (χ1n) is 8.93. The van der Waals surface area contributed by atoms with Gasteiger partial charge >= 0.3 is 17.6 Å². The quantitative estimate of drug-likeness (QED) is 0.402. The van der Waals surface area contributed by atoms with Crippen LogP contribution in [0, 0.1) is 0 Å². The highest BCUT2D eigenvalue weighted by atomic mass is 28.4. The molecule has 0 heterocycles. The molecule has 2 unspecified atom stereocenters. The number of hydrogen-bond donors (Lipinski definition) is 1. The summed E-state index contributed by atoms with van der Waals surface area (Å²) in [6.07, 6.45) is 4.13. The van der Waals surface area contributed by atoms with Crippen LogP contribution in [0.4, 0.5) is 0 Å². The Labute approximate surface area is 156 Å². The molecule has 0 saturated carbocycles. The van der Waals surface area contributed by atoms with Crippen molar-refractivity contribution in [2.75, 3.05) is 42.7 Å². The zero-order chi connectivity index (χ0) is 19.3. The van der Waals surface area contributed by atoms with E-state index in [-0.39, 0.29) is 0 Å². The van der Waals surface area contributed by atoms with Gasteiger partial charge in [0.2, 0.25) is 0 Å². The molecule has 0 spiro atoms. The van der Waals surface area contributed by atoms with Crippen LogP contribution in [-0.2, 0) is 26.6 Å². The average molecular weight is 398 g/mol. The topological polar surface area (TPSA) is 67.4 Å². The van der Waals surface area contributed by atoms with Crippen molar-refractivity contribution in [1.29, 1.82) is 0 Å². The third kappa shape index (κ3) is 9.07. The van der Waals surface area contributed by atoms with E-state index in [0.717, 1.165) is 37.8 Å². The molecular formula is C16H39NO6Si2. The molecule has 2 atom stereocenters. The molecule has 0 bridgehead atoms. The maximum atomic E-state index is 5.46. The molecule has 0 aliphatic rings. The summed E-state index contributed by atoms with van der Waals surface area (Å²) in [5.41, 5.74) is 0. The van der Waals surface area contributed by atoms with Crippen molar-refractivity contribution >= 4 is 17.6 Å². The normalized spacial score (nSPS) is 15.4. The Balaban J connectivity index is 4.08. The van der Waals surface area contributed by atoms with Crippen LogP contribution in [0.15, 0.2) is 0 Å². The first-order chi connectivity index (χ1) is 11.9. The van der Waals surface area contributed by atoms with Crippen molar-refractivity contribution in [3.63, 3.8) is 0 Å². The summed E-state index contributed by atoms with van der Waals surface area (Å²) < 4.78 is 32.8. The third-order valence-electron chi connectivity index (χ3n) is 4.68. The molecule has 7 nitrogen and oxygen atoms in total.